The minimum absolute atomic E-state index is 0.154. The molecular formula is C21H28N2O2. The molecule has 0 spiro atoms. The Morgan fingerprint density at radius 2 is 2.04 bits per heavy atom. The Bertz CT molecular complexity index is 680. The fraction of sp³-hybridized carbons (Fsp3) is 0.524. The average molecular weight is 340 g/mol. The summed E-state index contributed by atoms with van der Waals surface area (Å²) in [6, 6.07) is 10.3. The van der Waals surface area contributed by atoms with Gasteiger partial charge in [0.2, 0.25) is 5.91 Å². The van der Waals surface area contributed by atoms with Crippen molar-refractivity contribution in [3.63, 3.8) is 0 Å². The van der Waals surface area contributed by atoms with Crippen LogP contribution in [0.3, 0.4) is 0 Å². The first-order chi connectivity index (χ1) is 12.1. The number of aryl methyl sites for hydroxylation is 1. The van der Waals surface area contributed by atoms with Crippen molar-refractivity contribution in [2.75, 3.05) is 0 Å². The third kappa shape index (κ3) is 4.71. The van der Waals surface area contributed by atoms with E-state index in [4.69, 9.17) is 4.42 Å². The second-order valence-corrected chi connectivity index (χ2v) is 7.28. The van der Waals surface area contributed by atoms with Crippen molar-refractivity contribution in [1.29, 1.82) is 0 Å². The van der Waals surface area contributed by atoms with Gasteiger partial charge in [0.15, 0.2) is 11.7 Å². The van der Waals surface area contributed by atoms with E-state index in [2.05, 4.69) is 24.1 Å². The first kappa shape index (κ1) is 17.7. The van der Waals surface area contributed by atoms with Crippen LogP contribution in [0.25, 0.3) is 11.3 Å². The fourth-order valence-electron chi connectivity index (χ4n) is 3.63. The van der Waals surface area contributed by atoms with Crippen molar-refractivity contribution >= 4 is 5.91 Å². The maximum atomic E-state index is 12.2. The van der Waals surface area contributed by atoms with Gasteiger partial charge in [-0.25, -0.2) is 4.98 Å². The molecule has 0 unspecified atom stereocenters. The molecule has 1 saturated carbocycles. The first-order valence-electron chi connectivity index (χ1n) is 9.43. The van der Waals surface area contributed by atoms with Gasteiger partial charge in [-0.1, -0.05) is 57.0 Å². The van der Waals surface area contributed by atoms with Gasteiger partial charge in [0.25, 0.3) is 0 Å². The Kier molecular flexibility index (Phi) is 5.90. The molecule has 1 aromatic heterocycles. The Labute approximate surface area is 150 Å². The maximum absolute atomic E-state index is 12.2. The second kappa shape index (κ2) is 8.32. The molecule has 3 rings (SSSR count). The number of hydrogen-bond acceptors (Lipinski definition) is 3. The first-order valence-corrected chi connectivity index (χ1v) is 9.43. The number of nitrogens with one attached hydrogen (secondary N) is 1. The molecule has 0 saturated heterocycles. The van der Waals surface area contributed by atoms with Crippen LogP contribution in [0.2, 0.25) is 0 Å². The molecule has 0 bridgehead atoms. The topological polar surface area (TPSA) is 55.1 Å². The summed E-state index contributed by atoms with van der Waals surface area (Å²) in [5.41, 5.74) is 1.03. The lowest BCUT2D eigenvalue weighted by atomic mass is 9.78. The van der Waals surface area contributed by atoms with Crippen molar-refractivity contribution in [3.05, 3.63) is 42.4 Å². The highest BCUT2D eigenvalue weighted by Gasteiger charge is 2.27. The van der Waals surface area contributed by atoms with Gasteiger partial charge in [0.05, 0.1) is 6.20 Å². The minimum atomic E-state index is 0.154. The number of carbonyl (C=O) groups excluding carboxylic acids is 1. The number of amides is 1. The van der Waals surface area contributed by atoms with Crippen LogP contribution in [-0.2, 0) is 11.2 Å². The van der Waals surface area contributed by atoms with Gasteiger partial charge in [-0.2, -0.15) is 0 Å². The largest absolute Gasteiger partial charge is 0.441 e. The number of oxazole rings is 1. The van der Waals surface area contributed by atoms with E-state index < -0.39 is 0 Å². The standard InChI is InChI=1S/C21H28N2O2/c1-15-8-6-11-18(16(15)2)23-20(24)12-7-13-21-22-14-19(25-21)17-9-4-3-5-10-17/h3-5,9-10,14-16,18H,6-8,11-13H2,1-2H3,(H,23,24)/t15-,16-,18-/m1/s1. The average Bonchev–Trinajstić information content (AvgIpc) is 3.09. The van der Waals surface area contributed by atoms with Crippen LogP contribution in [0.15, 0.2) is 40.9 Å². The summed E-state index contributed by atoms with van der Waals surface area (Å²) in [5, 5.41) is 3.23. The smallest absolute Gasteiger partial charge is 0.220 e. The number of hydrogen-bond donors (Lipinski definition) is 1. The molecule has 1 amide bonds. The molecule has 0 aliphatic heterocycles. The zero-order chi connectivity index (χ0) is 17.6. The summed E-state index contributed by atoms with van der Waals surface area (Å²) in [6.07, 6.45) is 7.35. The molecule has 4 heteroatoms. The molecule has 1 aliphatic rings. The summed E-state index contributed by atoms with van der Waals surface area (Å²) in [6.45, 7) is 4.54. The van der Waals surface area contributed by atoms with Gasteiger partial charge >= 0.3 is 0 Å². The van der Waals surface area contributed by atoms with Gasteiger partial charge in [-0.05, 0) is 24.7 Å². The Balaban J connectivity index is 1.44. The molecule has 1 aromatic carbocycles. The summed E-state index contributed by atoms with van der Waals surface area (Å²) in [5.74, 6) is 2.90. The number of benzene rings is 1. The molecule has 25 heavy (non-hydrogen) atoms. The van der Waals surface area contributed by atoms with E-state index in [9.17, 15) is 4.79 Å². The highest BCUT2D eigenvalue weighted by Crippen LogP contribution is 2.29. The van der Waals surface area contributed by atoms with E-state index in [1.165, 1.54) is 12.8 Å². The molecule has 1 heterocycles. The van der Waals surface area contributed by atoms with Crippen molar-refractivity contribution in [3.8, 4) is 11.3 Å². The summed E-state index contributed by atoms with van der Waals surface area (Å²) in [4.78, 5) is 16.5. The minimum Gasteiger partial charge on any atom is -0.441 e. The van der Waals surface area contributed by atoms with Crippen LogP contribution < -0.4 is 5.32 Å². The van der Waals surface area contributed by atoms with Gasteiger partial charge in [0, 0.05) is 24.4 Å². The second-order valence-electron chi connectivity index (χ2n) is 7.28. The van der Waals surface area contributed by atoms with Crippen LogP contribution in [-0.4, -0.2) is 16.9 Å². The number of aromatic nitrogens is 1. The SMILES string of the molecule is C[C@@H]1[C@H](C)CCC[C@H]1NC(=O)CCCc1ncc(-c2ccccc2)o1. The molecule has 2 aromatic rings. The van der Waals surface area contributed by atoms with E-state index in [-0.39, 0.29) is 5.91 Å². The van der Waals surface area contributed by atoms with Gasteiger partial charge in [-0.15, -0.1) is 0 Å². The number of rotatable bonds is 6. The van der Waals surface area contributed by atoms with Gasteiger partial charge in [-0.3, -0.25) is 4.79 Å². The van der Waals surface area contributed by atoms with Crippen LogP contribution in [0.4, 0.5) is 0 Å². The van der Waals surface area contributed by atoms with E-state index in [1.54, 1.807) is 6.20 Å². The molecule has 0 radical (unpaired) electrons. The Morgan fingerprint density at radius 1 is 1.24 bits per heavy atom. The molecule has 1 fully saturated rings. The van der Waals surface area contributed by atoms with Crippen LogP contribution >= 0.6 is 0 Å². The van der Waals surface area contributed by atoms with Crippen molar-refractivity contribution in [2.24, 2.45) is 11.8 Å². The summed E-state index contributed by atoms with van der Waals surface area (Å²) in [7, 11) is 0. The predicted octanol–water partition coefficient (Wildman–Crippen LogP) is 4.61. The highest BCUT2D eigenvalue weighted by atomic mass is 16.4. The quantitative estimate of drug-likeness (QED) is 0.836. The zero-order valence-electron chi connectivity index (χ0n) is 15.2. The summed E-state index contributed by atoms with van der Waals surface area (Å²) >= 11 is 0. The molecular weight excluding hydrogens is 312 g/mol. The molecule has 3 atom stereocenters. The van der Waals surface area contributed by atoms with Gasteiger partial charge in [0.1, 0.15) is 0 Å². The molecule has 4 nitrogen and oxygen atoms in total. The van der Waals surface area contributed by atoms with Crippen LogP contribution in [0.1, 0.15) is 51.8 Å². The Hall–Kier alpha value is -2.10. The van der Waals surface area contributed by atoms with Crippen LogP contribution in [0, 0.1) is 11.8 Å². The van der Waals surface area contributed by atoms with Crippen molar-refractivity contribution < 1.29 is 9.21 Å². The van der Waals surface area contributed by atoms with E-state index in [0.717, 1.165) is 24.2 Å². The third-order valence-corrected chi connectivity index (χ3v) is 5.46. The highest BCUT2D eigenvalue weighted by molar-refractivity contribution is 5.76. The molecule has 1 aliphatic carbocycles. The van der Waals surface area contributed by atoms with E-state index in [0.29, 0.717) is 36.6 Å². The van der Waals surface area contributed by atoms with Gasteiger partial charge < -0.3 is 9.73 Å². The molecule has 134 valence electrons. The van der Waals surface area contributed by atoms with Crippen LogP contribution in [0.5, 0.6) is 0 Å². The normalized spacial score (nSPS) is 23.4. The zero-order valence-corrected chi connectivity index (χ0v) is 15.2. The monoisotopic (exact) mass is 340 g/mol. The lowest BCUT2D eigenvalue weighted by molar-refractivity contribution is -0.122. The van der Waals surface area contributed by atoms with Crippen molar-refractivity contribution in [2.45, 2.75) is 58.4 Å². The lowest BCUT2D eigenvalue weighted by Gasteiger charge is -2.34. The predicted molar refractivity (Wildman–Crippen MR) is 99.0 cm³/mol. The third-order valence-electron chi connectivity index (χ3n) is 5.46. The lowest BCUT2D eigenvalue weighted by Crippen LogP contribution is -2.43. The van der Waals surface area contributed by atoms with Crippen molar-refractivity contribution in [1.82, 2.24) is 10.3 Å². The Morgan fingerprint density at radius 3 is 2.84 bits per heavy atom. The summed E-state index contributed by atoms with van der Waals surface area (Å²) < 4.78 is 5.79. The van der Waals surface area contributed by atoms with E-state index >= 15 is 0 Å². The molecule has 1 N–H and O–H groups in total. The fourth-order valence-corrected chi connectivity index (χ4v) is 3.63. The maximum Gasteiger partial charge on any atom is 0.220 e. The number of carbonyl (C=O) groups is 1. The van der Waals surface area contributed by atoms with E-state index in [1.807, 2.05) is 30.3 Å². The number of nitrogens with zero attached hydrogens (tertiary/aromatic N) is 1.